The largest absolute Gasteiger partial charge is 0.347 e. The maximum atomic E-state index is 12.5. The summed E-state index contributed by atoms with van der Waals surface area (Å²) in [4.78, 5) is 19.6. The Labute approximate surface area is 125 Å². The fourth-order valence-corrected chi connectivity index (χ4v) is 2.56. The number of aromatic amines is 1. The summed E-state index contributed by atoms with van der Waals surface area (Å²) < 4.78 is 25.1. The minimum atomic E-state index is -2.56. The van der Waals surface area contributed by atoms with Crippen LogP contribution in [0.4, 0.5) is 8.78 Å². The number of thioether (sulfide) groups is 1. The van der Waals surface area contributed by atoms with Crippen LogP contribution in [0.2, 0.25) is 0 Å². The number of aromatic nitrogens is 2. The molecule has 2 rings (SSSR count). The van der Waals surface area contributed by atoms with E-state index in [9.17, 15) is 13.6 Å². The van der Waals surface area contributed by atoms with Gasteiger partial charge in [-0.1, -0.05) is 30.8 Å². The van der Waals surface area contributed by atoms with Crippen LogP contribution in [0, 0.1) is 0 Å². The zero-order valence-electron chi connectivity index (χ0n) is 11.3. The van der Waals surface area contributed by atoms with E-state index in [2.05, 4.69) is 15.3 Å². The van der Waals surface area contributed by atoms with E-state index in [0.29, 0.717) is 24.0 Å². The summed E-state index contributed by atoms with van der Waals surface area (Å²) in [6.45, 7) is 1.91. The molecule has 0 saturated heterocycles. The van der Waals surface area contributed by atoms with Gasteiger partial charge in [-0.25, -0.2) is 4.98 Å². The fourth-order valence-electron chi connectivity index (χ4n) is 1.92. The zero-order valence-corrected chi connectivity index (χ0v) is 12.2. The van der Waals surface area contributed by atoms with Crippen LogP contribution in [0.25, 0.3) is 0 Å². The lowest BCUT2D eigenvalue weighted by molar-refractivity contribution is 0.0931. The molecule has 2 N–H and O–H groups in total. The van der Waals surface area contributed by atoms with Crippen molar-refractivity contribution in [3.8, 4) is 0 Å². The van der Waals surface area contributed by atoms with Gasteiger partial charge in [0.25, 0.3) is 11.7 Å². The molecule has 4 nitrogen and oxygen atoms in total. The summed E-state index contributed by atoms with van der Waals surface area (Å²) in [6.07, 6.45) is 3.92. The van der Waals surface area contributed by atoms with Crippen molar-refractivity contribution in [1.82, 2.24) is 15.3 Å². The van der Waals surface area contributed by atoms with E-state index in [4.69, 9.17) is 0 Å². The topological polar surface area (TPSA) is 57.8 Å². The fraction of sp³-hybridized carbons (Fsp3) is 0.286. The third kappa shape index (κ3) is 4.04. The van der Waals surface area contributed by atoms with Crippen LogP contribution in [-0.2, 0) is 0 Å². The standard InChI is InChI=1S/C14H15F2N3OS/c1-2-10(12-17-7-8-18-12)19-13(20)9-5-3-4-6-11(9)21-14(15)16/h3-8,10,14H,2H2,1H3,(H,17,18)(H,19,20). The summed E-state index contributed by atoms with van der Waals surface area (Å²) in [6, 6.07) is 6.05. The van der Waals surface area contributed by atoms with Gasteiger partial charge in [-0.3, -0.25) is 4.79 Å². The number of carbonyl (C=O) groups is 1. The molecule has 1 unspecified atom stereocenters. The SMILES string of the molecule is CCC(NC(=O)c1ccccc1SC(F)F)c1ncc[nH]1. The number of rotatable bonds is 6. The van der Waals surface area contributed by atoms with Gasteiger partial charge in [0.15, 0.2) is 0 Å². The molecule has 1 aromatic heterocycles. The summed E-state index contributed by atoms with van der Waals surface area (Å²) in [5.74, 6) is -2.31. The van der Waals surface area contributed by atoms with Crippen molar-refractivity contribution in [3.63, 3.8) is 0 Å². The molecule has 0 radical (unpaired) electrons. The number of hydrogen-bond donors (Lipinski definition) is 2. The van der Waals surface area contributed by atoms with Gasteiger partial charge in [0.2, 0.25) is 0 Å². The molecular formula is C14H15F2N3OS. The first kappa shape index (κ1) is 15.5. The van der Waals surface area contributed by atoms with Crippen molar-refractivity contribution in [1.29, 1.82) is 0 Å². The predicted octanol–water partition coefficient (Wildman–Crippen LogP) is 3.61. The van der Waals surface area contributed by atoms with Crippen molar-refractivity contribution in [2.75, 3.05) is 0 Å². The molecule has 1 amide bonds. The second kappa shape index (κ2) is 7.21. The highest BCUT2D eigenvalue weighted by molar-refractivity contribution is 7.99. The molecule has 0 fully saturated rings. The number of nitrogens with zero attached hydrogens (tertiary/aromatic N) is 1. The molecule has 1 heterocycles. The minimum absolute atomic E-state index is 0.243. The number of alkyl halides is 2. The van der Waals surface area contributed by atoms with E-state index in [1.807, 2.05) is 6.92 Å². The lowest BCUT2D eigenvalue weighted by Gasteiger charge is -2.16. The van der Waals surface area contributed by atoms with Crippen LogP contribution in [0.3, 0.4) is 0 Å². The maximum Gasteiger partial charge on any atom is 0.288 e. The molecule has 0 aliphatic heterocycles. The number of hydrogen-bond acceptors (Lipinski definition) is 3. The van der Waals surface area contributed by atoms with E-state index in [1.54, 1.807) is 24.5 Å². The Morgan fingerprint density at radius 1 is 1.43 bits per heavy atom. The quantitative estimate of drug-likeness (QED) is 0.801. The molecule has 0 aliphatic rings. The van der Waals surface area contributed by atoms with Gasteiger partial charge >= 0.3 is 0 Å². The van der Waals surface area contributed by atoms with Crippen molar-refractivity contribution >= 4 is 17.7 Å². The lowest BCUT2D eigenvalue weighted by Crippen LogP contribution is -2.29. The van der Waals surface area contributed by atoms with Gasteiger partial charge in [0.1, 0.15) is 5.82 Å². The number of halogens is 2. The molecule has 0 saturated carbocycles. The second-order valence-electron chi connectivity index (χ2n) is 4.28. The smallest absolute Gasteiger partial charge is 0.288 e. The highest BCUT2D eigenvalue weighted by atomic mass is 32.2. The van der Waals surface area contributed by atoms with Crippen LogP contribution >= 0.6 is 11.8 Å². The molecule has 112 valence electrons. The minimum Gasteiger partial charge on any atom is -0.347 e. The zero-order chi connectivity index (χ0) is 15.2. The van der Waals surface area contributed by atoms with Gasteiger partial charge in [-0.2, -0.15) is 8.78 Å². The number of amides is 1. The van der Waals surface area contributed by atoms with Crippen molar-refractivity contribution in [2.45, 2.75) is 30.0 Å². The normalized spacial score (nSPS) is 12.4. The number of carbonyl (C=O) groups excluding carboxylic acids is 1. The van der Waals surface area contributed by atoms with Crippen LogP contribution < -0.4 is 5.32 Å². The first-order valence-corrected chi connectivity index (χ1v) is 7.33. The lowest BCUT2D eigenvalue weighted by atomic mass is 10.1. The van der Waals surface area contributed by atoms with Crippen molar-refractivity contribution in [3.05, 3.63) is 48.0 Å². The van der Waals surface area contributed by atoms with Crippen LogP contribution in [0.15, 0.2) is 41.6 Å². The number of imidazole rings is 1. The van der Waals surface area contributed by atoms with Gasteiger partial charge in [0.05, 0.1) is 11.6 Å². The molecule has 0 bridgehead atoms. The Hall–Kier alpha value is -1.89. The van der Waals surface area contributed by atoms with Gasteiger partial charge in [-0.05, 0) is 18.6 Å². The number of nitrogens with one attached hydrogen (secondary N) is 2. The summed E-state index contributed by atoms with van der Waals surface area (Å²) in [5.41, 5.74) is 0.243. The maximum absolute atomic E-state index is 12.5. The summed E-state index contributed by atoms with van der Waals surface area (Å²) >= 11 is 0.368. The Morgan fingerprint density at radius 3 is 2.81 bits per heavy atom. The average Bonchev–Trinajstić information content (AvgIpc) is 2.98. The van der Waals surface area contributed by atoms with E-state index in [1.165, 1.54) is 12.1 Å². The highest BCUT2D eigenvalue weighted by Crippen LogP contribution is 2.28. The van der Waals surface area contributed by atoms with E-state index < -0.39 is 5.76 Å². The summed E-state index contributed by atoms with van der Waals surface area (Å²) in [7, 11) is 0. The highest BCUT2D eigenvalue weighted by Gasteiger charge is 2.19. The molecular weight excluding hydrogens is 296 g/mol. The van der Waals surface area contributed by atoms with Crippen LogP contribution in [-0.4, -0.2) is 21.6 Å². The Kier molecular flexibility index (Phi) is 5.32. The molecule has 1 aromatic carbocycles. The Balaban J connectivity index is 2.16. The number of H-pyrrole nitrogens is 1. The van der Waals surface area contributed by atoms with E-state index in [-0.39, 0.29) is 22.4 Å². The van der Waals surface area contributed by atoms with Crippen LogP contribution in [0.1, 0.15) is 35.6 Å². The summed E-state index contributed by atoms with van der Waals surface area (Å²) in [5, 5.41) is 2.81. The molecule has 0 spiro atoms. The average molecular weight is 311 g/mol. The second-order valence-corrected chi connectivity index (χ2v) is 5.32. The van der Waals surface area contributed by atoms with E-state index in [0.717, 1.165) is 0 Å². The predicted molar refractivity (Wildman–Crippen MR) is 77.4 cm³/mol. The van der Waals surface area contributed by atoms with Crippen molar-refractivity contribution < 1.29 is 13.6 Å². The molecule has 2 aromatic rings. The first-order chi connectivity index (χ1) is 10.1. The molecule has 7 heteroatoms. The third-order valence-electron chi connectivity index (χ3n) is 2.91. The number of benzene rings is 1. The van der Waals surface area contributed by atoms with Crippen LogP contribution in [0.5, 0.6) is 0 Å². The Bertz CT molecular complexity index is 590. The molecule has 1 atom stereocenters. The van der Waals surface area contributed by atoms with Gasteiger partial charge in [0, 0.05) is 17.3 Å². The first-order valence-electron chi connectivity index (χ1n) is 6.45. The monoisotopic (exact) mass is 311 g/mol. The third-order valence-corrected chi connectivity index (χ3v) is 3.70. The van der Waals surface area contributed by atoms with Crippen molar-refractivity contribution in [2.24, 2.45) is 0 Å². The van der Waals surface area contributed by atoms with E-state index >= 15 is 0 Å². The molecule has 21 heavy (non-hydrogen) atoms. The van der Waals surface area contributed by atoms with Gasteiger partial charge < -0.3 is 10.3 Å². The Morgan fingerprint density at radius 2 is 2.19 bits per heavy atom. The molecule has 0 aliphatic carbocycles. The van der Waals surface area contributed by atoms with Gasteiger partial charge in [-0.15, -0.1) is 0 Å².